The quantitative estimate of drug-likeness (QED) is 0.797. The predicted molar refractivity (Wildman–Crippen MR) is 78.6 cm³/mol. The van der Waals surface area contributed by atoms with E-state index in [9.17, 15) is 4.79 Å². The van der Waals surface area contributed by atoms with Crippen molar-refractivity contribution in [2.75, 3.05) is 5.75 Å². The highest BCUT2D eigenvalue weighted by Crippen LogP contribution is 2.28. The summed E-state index contributed by atoms with van der Waals surface area (Å²) in [7, 11) is 0. The number of carbonyl (C=O) groups is 1. The van der Waals surface area contributed by atoms with Crippen LogP contribution in [0.1, 0.15) is 13.8 Å². The minimum atomic E-state index is -0.878. The summed E-state index contributed by atoms with van der Waals surface area (Å²) in [5.41, 5.74) is 0. The van der Waals surface area contributed by atoms with Crippen LogP contribution in [0.5, 0.6) is 0 Å². The Labute approximate surface area is 128 Å². The van der Waals surface area contributed by atoms with Crippen molar-refractivity contribution < 1.29 is 14.3 Å². The van der Waals surface area contributed by atoms with Crippen LogP contribution in [0.2, 0.25) is 0 Å². The van der Waals surface area contributed by atoms with E-state index >= 15 is 0 Å². The number of aromatic nitrogens is 3. The third-order valence-electron chi connectivity index (χ3n) is 2.38. The maximum absolute atomic E-state index is 10.7. The number of rotatable bonds is 6. The average Bonchev–Trinajstić information content (AvgIpc) is 2.93. The van der Waals surface area contributed by atoms with Gasteiger partial charge in [0.1, 0.15) is 0 Å². The Balaban J connectivity index is 2.33. The molecule has 0 bridgehead atoms. The van der Waals surface area contributed by atoms with Crippen molar-refractivity contribution in [1.82, 2.24) is 14.8 Å². The van der Waals surface area contributed by atoms with Gasteiger partial charge in [0, 0.05) is 6.54 Å². The molecule has 0 aliphatic rings. The van der Waals surface area contributed by atoms with Gasteiger partial charge in [-0.2, -0.15) is 0 Å². The number of thioether (sulfide) groups is 1. The highest BCUT2D eigenvalue weighted by atomic mass is 79.9. The molecule has 108 valence electrons. The van der Waals surface area contributed by atoms with Gasteiger partial charge in [-0.05, 0) is 34.0 Å². The van der Waals surface area contributed by atoms with Crippen LogP contribution in [-0.2, 0) is 11.3 Å². The maximum atomic E-state index is 10.7. The van der Waals surface area contributed by atoms with E-state index < -0.39 is 5.97 Å². The summed E-state index contributed by atoms with van der Waals surface area (Å²) >= 11 is 4.41. The number of halogens is 1. The summed E-state index contributed by atoms with van der Waals surface area (Å²) in [6.45, 7) is 4.85. The molecule has 0 saturated heterocycles. The summed E-state index contributed by atoms with van der Waals surface area (Å²) in [5, 5.41) is 17.5. The molecule has 20 heavy (non-hydrogen) atoms. The zero-order chi connectivity index (χ0) is 14.7. The van der Waals surface area contributed by atoms with Gasteiger partial charge in [-0.3, -0.25) is 9.36 Å². The Morgan fingerprint density at radius 3 is 2.80 bits per heavy atom. The fraction of sp³-hybridized carbons (Fsp3) is 0.417. The Bertz CT molecular complexity index is 609. The standard InChI is InChI=1S/C12H14BrN3O3S/c1-7(2)5-16-11(8-3-4-9(13)19-8)14-15-12(16)20-6-10(17)18/h3-4,7H,5-6H2,1-2H3,(H,17,18). The van der Waals surface area contributed by atoms with Crippen LogP contribution in [0.15, 0.2) is 26.4 Å². The van der Waals surface area contributed by atoms with E-state index in [4.69, 9.17) is 9.52 Å². The zero-order valence-corrected chi connectivity index (χ0v) is 13.4. The van der Waals surface area contributed by atoms with E-state index in [0.717, 1.165) is 11.8 Å². The first-order valence-corrected chi connectivity index (χ1v) is 7.78. The topological polar surface area (TPSA) is 81.2 Å². The van der Waals surface area contributed by atoms with Gasteiger partial charge in [0.05, 0.1) is 5.75 Å². The van der Waals surface area contributed by atoms with Crippen LogP contribution in [0.4, 0.5) is 0 Å². The van der Waals surface area contributed by atoms with E-state index in [2.05, 4.69) is 40.0 Å². The molecule has 6 nitrogen and oxygen atoms in total. The van der Waals surface area contributed by atoms with Gasteiger partial charge in [0.2, 0.25) is 5.82 Å². The average molecular weight is 360 g/mol. The predicted octanol–water partition coefficient (Wildman–Crippen LogP) is 3.13. The molecule has 0 amide bonds. The van der Waals surface area contributed by atoms with Gasteiger partial charge in [-0.15, -0.1) is 10.2 Å². The van der Waals surface area contributed by atoms with Crippen molar-refractivity contribution in [1.29, 1.82) is 0 Å². The number of carboxylic acid groups (broad SMARTS) is 1. The molecular formula is C12H14BrN3O3S. The van der Waals surface area contributed by atoms with Gasteiger partial charge in [-0.1, -0.05) is 25.6 Å². The first-order chi connectivity index (χ1) is 9.47. The number of hydrogen-bond donors (Lipinski definition) is 1. The molecule has 0 radical (unpaired) electrons. The summed E-state index contributed by atoms with van der Waals surface area (Å²) in [5.74, 6) is 0.672. The number of furan rings is 1. The van der Waals surface area contributed by atoms with Gasteiger partial charge in [0.15, 0.2) is 15.6 Å². The maximum Gasteiger partial charge on any atom is 0.313 e. The smallest absolute Gasteiger partial charge is 0.313 e. The third-order valence-corrected chi connectivity index (χ3v) is 3.76. The van der Waals surface area contributed by atoms with Gasteiger partial charge >= 0.3 is 5.97 Å². The molecule has 8 heteroatoms. The molecule has 0 unspecified atom stereocenters. The summed E-state index contributed by atoms with van der Waals surface area (Å²) in [6.07, 6.45) is 0. The highest BCUT2D eigenvalue weighted by Gasteiger charge is 2.18. The van der Waals surface area contributed by atoms with Crippen LogP contribution in [0.3, 0.4) is 0 Å². The fourth-order valence-electron chi connectivity index (χ4n) is 1.67. The molecule has 0 aliphatic heterocycles. The van der Waals surface area contributed by atoms with Gasteiger partial charge < -0.3 is 9.52 Å². The highest BCUT2D eigenvalue weighted by molar-refractivity contribution is 9.10. The van der Waals surface area contributed by atoms with E-state index in [1.165, 1.54) is 0 Å². The molecule has 0 aromatic carbocycles. The molecule has 1 N–H and O–H groups in total. The van der Waals surface area contributed by atoms with E-state index in [-0.39, 0.29) is 5.75 Å². The Kier molecular flexibility index (Phi) is 4.87. The molecule has 0 fully saturated rings. The summed E-state index contributed by atoms with van der Waals surface area (Å²) < 4.78 is 8.01. The van der Waals surface area contributed by atoms with E-state index in [1.54, 1.807) is 12.1 Å². The van der Waals surface area contributed by atoms with Crippen LogP contribution < -0.4 is 0 Å². The molecule has 0 spiro atoms. The minimum absolute atomic E-state index is 0.0436. The lowest BCUT2D eigenvalue weighted by atomic mass is 10.2. The first-order valence-electron chi connectivity index (χ1n) is 6.01. The Hall–Kier alpha value is -1.28. The molecule has 0 atom stereocenters. The zero-order valence-electron chi connectivity index (χ0n) is 11.0. The van der Waals surface area contributed by atoms with Crippen molar-refractivity contribution in [3.8, 4) is 11.6 Å². The summed E-state index contributed by atoms with van der Waals surface area (Å²) in [6, 6.07) is 3.59. The van der Waals surface area contributed by atoms with Crippen molar-refractivity contribution >= 4 is 33.7 Å². The number of hydrogen-bond acceptors (Lipinski definition) is 5. The second-order valence-corrected chi connectivity index (χ2v) is 6.32. The minimum Gasteiger partial charge on any atom is -0.481 e. The second-order valence-electron chi connectivity index (χ2n) is 4.60. The van der Waals surface area contributed by atoms with Crippen molar-refractivity contribution in [2.24, 2.45) is 5.92 Å². The Morgan fingerprint density at radius 2 is 2.25 bits per heavy atom. The lowest BCUT2D eigenvalue weighted by Crippen LogP contribution is -2.08. The van der Waals surface area contributed by atoms with Crippen LogP contribution >= 0.6 is 27.7 Å². The lowest BCUT2D eigenvalue weighted by molar-refractivity contribution is -0.133. The molecular weight excluding hydrogens is 346 g/mol. The number of carboxylic acids is 1. The van der Waals surface area contributed by atoms with E-state index in [1.807, 2.05) is 4.57 Å². The van der Waals surface area contributed by atoms with Crippen LogP contribution in [-0.4, -0.2) is 31.6 Å². The van der Waals surface area contributed by atoms with Crippen molar-refractivity contribution in [2.45, 2.75) is 25.5 Å². The molecule has 0 aliphatic carbocycles. The molecule has 2 heterocycles. The molecule has 2 aromatic heterocycles. The SMILES string of the molecule is CC(C)Cn1c(SCC(=O)O)nnc1-c1ccc(Br)o1. The number of aliphatic carboxylic acids is 1. The normalized spacial score (nSPS) is 11.2. The van der Waals surface area contributed by atoms with Crippen molar-refractivity contribution in [3.63, 3.8) is 0 Å². The summed E-state index contributed by atoms with van der Waals surface area (Å²) in [4.78, 5) is 10.7. The first kappa shape index (κ1) is 15.1. The largest absolute Gasteiger partial charge is 0.481 e. The lowest BCUT2D eigenvalue weighted by Gasteiger charge is -2.10. The molecule has 2 rings (SSSR count). The van der Waals surface area contributed by atoms with Gasteiger partial charge in [-0.25, -0.2) is 0 Å². The van der Waals surface area contributed by atoms with Gasteiger partial charge in [0.25, 0.3) is 0 Å². The monoisotopic (exact) mass is 359 g/mol. The third kappa shape index (κ3) is 3.63. The number of nitrogens with zero attached hydrogens (tertiary/aromatic N) is 3. The molecule has 2 aromatic rings. The fourth-order valence-corrected chi connectivity index (χ4v) is 2.64. The molecule has 0 saturated carbocycles. The van der Waals surface area contributed by atoms with Crippen LogP contribution in [0, 0.1) is 5.92 Å². The van der Waals surface area contributed by atoms with E-state index in [0.29, 0.717) is 33.9 Å². The second kappa shape index (κ2) is 6.45. The van der Waals surface area contributed by atoms with Crippen LogP contribution in [0.25, 0.3) is 11.6 Å². The Morgan fingerprint density at radius 1 is 1.50 bits per heavy atom. The van der Waals surface area contributed by atoms with Crippen molar-refractivity contribution in [3.05, 3.63) is 16.8 Å².